The van der Waals surface area contributed by atoms with Crippen molar-refractivity contribution >= 4 is 11.7 Å². The van der Waals surface area contributed by atoms with Crippen LogP contribution in [0.3, 0.4) is 0 Å². The maximum absolute atomic E-state index is 13.7. The maximum atomic E-state index is 13.7. The highest BCUT2D eigenvalue weighted by atomic mass is 19.1. The van der Waals surface area contributed by atoms with Crippen molar-refractivity contribution in [3.05, 3.63) is 29.6 Å². The Hall–Kier alpha value is -1.58. The van der Waals surface area contributed by atoms with Gasteiger partial charge in [0.25, 0.3) is 0 Å². The van der Waals surface area contributed by atoms with Crippen LogP contribution in [0.1, 0.15) is 43.5 Å². The van der Waals surface area contributed by atoms with Gasteiger partial charge in [-0.3, -0.25) is 0 Å². The minimum Gasteiger partial charge on any atom is -0.478 e. The maximum Gasteiger partial charge on any atom is 0.340 e. The lowest BCUT2D eigenvalue weighted by Gasteiger charge is -2.40. The number of hydrogen-bond donors (Lipinski definition) is 1. The number of rotatable bonds is 3. The van der Waals surface area contributed by atoms with Crippen molar-refractivity contribution in [3.63, 3.8) is 0 Å². The first kappa shape index (κ1) is 13.8. The molecular formula is C15H20FNO2. The zero-order chi connectivity index (χ0) is 14.0. The van der Waals surface area contributed by atoms with E-state index in [0.29, 0.717) is 11.1 Å². The summed E-state index contributed by atoms with van der Waals surface area (Å²) >= 11 is 0. The Labute approximate surface area is 113 Å². The van der Waals surface area contributed by atoms with Crippen molar-refractivity contribution in [3.8, 4) is 0 Å². The van der Waals surface area contributed by atoms with Crippen LogP contribution in [0.15, 0.2) is 18.2 Å². The minimum absolute atomic E-state index is 0.206. The van der Waals surface area contributed by atoms with Gasteiger partial charge in [0.05, 0.1) is 5.69 Å². The molecule has 4 heteroatoms. The molecule has 1 heterocycles. The van der Waals surface area contributed by atoms with Gasteiger partial charge in [-0.1, -0.05) is 26.3 Å². The highest BCUT2D eigenvalue weighted by Gasteiger charge is 2.30. The van der Waals surface area contributed by atoms with Crippen LogP contribution in [0, 0.1) is 11.2 Å². The molecule has 1 aromatic rings. The molecule has 1 saturated heterocycles. The summed E-state index contributed by atoms with van der Waals surface area (Å²) in [5, 5.41) is 9.16. The minimum atomic E-state index is -1.20. The lowest BCUT2D eigenvalue weighted by atomic mass is 9.78. The van der Waals surface area contributed by atoms with Gasteiger partial charge in [-0.15, -0.1) is 0 Å². The van der Waals surface area contributed by atoms with Crippen molar-refractivity contribution in [1.82, 2.24) is 0 Å². The molecule has 2 rings (SSSR count). The van der Waals surface area contributed by atoms with Crippen molar-refractivity contribution in [1.29, 1.82) is 0 Å². The summed E-state index contributed by atoms with van der Waals surface area (Å²) in [5.74, 6) is -1.86. The van der Waals surface area contributed by atoms with Crippen LogP contribution >= 0.6 is 0 Å². The van der Waals surface area contributed by atoms with E-state index in [1.807, 2.05) is 4.90 Å². The lowest BCUT2D eigenvalue weighted by Crippen LogP contribution is -2.39. The van der Waals surface area contributed by atoms with E-state index in [2.05, 4.69) is 13.8 Å². The third kappa shape index (κ3) is 2.72. The molecule has 1 aliphatic heterocycles. The third-order valence-corrected chi connectivity index (χ3v) is 4.37. The molecule has 1 fully saturated rings. The van der Waals surface area contributed by atoms with Crippen molar-refractivity contribution in [2.24, 2.45) is 5.41 Å². The molecule has 0 aromatic heterocycles. The Morgan fingerprint density at radius 3 is 2.58 bits per heavy atom. The van der Waals surface area contributed by atoms with E-state index in [1.165, 1.54) is 6.07 Å². The molecule has 104 valence electrons. The highest BCUT2D eigenvalue weighted by Crippen LogP contribution is 2.36. The number of carboxylic acids is 1. The van der Waals surface area contributed by atoms with Crippen molar-refractivity contribution < 1.29 is 14.3 Å². The smallest absolute Gasteiger partial charge is 0.340 e. The normalized spacial score (nSPS) is 18.4. The first-order valence-electron chi connectivity index (χ1n) is 6.73. The lowest BCUT2D eigenvalue weighted by molar-refractivity contribution is 0.0692. The number of carbonyl (C=O) groups is 1. The molecule has 0 radical (unpaired) electrons. The standard InChI is InChI=1S/C15H20FNO2/c1-3-15(2)7-9-17(10-8-15)12-6-4-5-11(16)13(12)14(18)19/h4-6H,3,7-10H2,1-2H3,(H,18,19). The molecule has 1 aliphatic rings. The van der Waals surface area contributed by atoms with Gasteiger partial charge in [-0.05, 0) is 30.4 Å². The summed E-state index contributed by atoms with van der Waals surface area (Å²) in [6.07, 6.45) is 3.15. The largest absolute Gasteiger partial charge is 0.478 e. The summed E-state index contributed by atoms with van der Waals surface area (Å²) in [6, 6.07) is 4.47. The second-order valence-electron chi connectivity index (χ2n) is 5.59. The number of benzene rings is 1. The monoisotopic (exact) mass is 265 g/mol. The molecule has 1 aromatic carbocycles. The van der Waals surface area contributed by atoms with E-state index in [-0.39, 0.29) is 5.56 Å². The van der Waals surface area contributed by atoms with E-state index >= 15 is 0 Å². The molecule has 0 spiro atoms. The molecule has 1 N–H and O–H groups in total. The van der Waals surface area contributed by atoms with Gasteiger partial charge in [0.2, 0.25) is 0 Å². The van der Waals surface area contributed by atoms with Crippen LogP contribution in [0.4, 0.5) is 10.1 Å². The van der Waals surface area contributed by atoms with E-state index in [9.17, 15) is 9.18 Å². The Bertz CT molecular complexity index is 479. The fourth-order valence-corrected chi connectivity index (χ4v) is 2.63. The molecule has 0 unspecified atom stereocenters. The van der Waals surface area contributed by atoms with Gasteiger partial charge in [0, 0.05) is 13.1 Å². The molecular weight excluding hydrogens is 245 g/mol. The summed E-state index contributed by atoms with van der Waals surface area (Å²) in [4.78, 5) is 13.2. The first-order valence-corrected chi connectivity index (χ1v) is 6.73. The van der Waals surface area contributed by atoms with E-state index in [1.54, 1.807) is 12.1 Å². The summed E-state index contributed by atoms with van der Waals surface area (Å²) < 4.78 is 13.7. The van der Waals surface area contributed by atoms with Crippen molar-refractivity contribution in [2.45, 2.75) is 33.1 Å². The fraction of sp³-hybridized carbons (Fsp3) is 0.533. The number of aromatic carboxylic acids is 1. The van der Waals surface area contributed by atoms with Gasteiger partial charge >= 0.3 is 5.97 Å². The zero-order valence-electron chi connectivity index (χ0n) is 11.4. The zero-order valence-corrected chi connectivity index (χ0v) is 11.4. The Morgan fingerprint density at radius 1 is 1.42 bits per heavy atom. The highest BCUT2D eigenvalue weighted by molar-refractivity contribution is 5.94. The quantitative estimate of drug-likeness (QED) is 0.908. The number of anilines is 1. The van der Waals surface area contributed by atoms with Crippen molar-refractivity contribution in [2.75, 3.05) is 18.0 Å². The topological polar surface area (TPSA) is 40.5 Å². The van der Waals surface area contributed by atoms with Crippen LogP contribution in [0.5, 0.6) is 0 Å². The van der Waals surface area contributed by atoms with Gasteiger partial charge < -0.3 is 10.0 Å². The third-order valence-electron chi connectivity index (χ3n) is 4.37. The number of halogens is 1. The Balaban J connectivity index is 2.25. The summed E-state index contributed by atoms with van der Waals surface area (Å²) in [7, 11) is 0. The van der Waals surface area contributed by atoms with Crippen LogP contribution in [-0.2, 0) is 0 Å². The molecule has 0 bridgehead atoms. The fourth-order valence-electron chi connectivity index (χ4n) is 2.63. The Kier molecular flexibility index (Phi) is 3.78. The molecule has 0 atom stereocenters. The predicted octanol–water partition coefficient (Wildman–Crippen LogP) is 3.54. The molecule has 19 heavy (non-hydrogen) atoms. The van der Waals surface area contributed by atoms with Gasteiger partial charge in [-0.25, -0.2) is 9.18 Å². The van der Waals surface area contributed by atoms with E-state index in [4.69, 9.17) is 5.11 Å². The molecule has 3 nitrogen and oxygen atoms in total. The number of carboxylic acid groups (broad SMARTS) is 1. The number of nitrogens with zero attached hydrogens (tertiary/aromatic N) is 1. The van der Waals surface area contributed by atoms with E-state index in [0.717, 1.165) is 32.4 Å². The number of piperidine rings is 1. The van der Waals surface area contributed by atoms with Crippen LogP contribution < -0.4 is 4.90 Å². The second-order valence-corrected chi connectivity index (χ2v) is 5.59. The summed E-state index contributed by atoms with van der Waals surface area (Å²) in [5.41, 5.74) is 0.626. The predicted molar refractivity (Wildman–Crippen MR) is 73.2 cm³/mol. The molecule has 0 saturated carbocycles. The summed E-state index contributed by atoms with van der Waals surface area (Å²) in [6.45, 7) is 6.01. The second kappa shape index (κ2) is 5.19. The van der Waals surface area contributed by atoms with Crippen LogP contribution in [-0.4, -0.2) is 24.2 Å². The number of hydrogen-bond acceptors (Lipinski definition) is 2. The van der Waals surface area contributed by atoms with Gasteiger partial charge in [-0.2, -0.15) is 0 Å². The molecule has 0 amide bonds. The average molecular weight is 265 g/mol. The Morgan fingerprint density at radius 2 is 2.05 bits per heavy atom. The SMILES string of the molecule is CCC1(C)CCN(c2cccc(F)c2C(=O)O)CC1. The average Bonchev–Trinajstić information content (AvgIpc) is 2.39. The van der Waals surface area contributed by atoms with Crippen LogP contribution in [0.2, 0.25) is 0 Å². The van der Waals surface area contributed by atoms with Crippen LogP contribution in [0.25, 0.3) is 0 Å². The first-order chi connectivity index (χ1) is 8.97. The van der Waals surface area contributed by atoms with E-state index < -0.39 is 11.8 Å². The van der Waals surface area contributed by atoms with Gasteiger partial charge in [0.1, 0.15) is 11.4 Å². The molecule has 0 aliphatic carbocycles. The van der Waals surface area contributed by atoms with Gasteiger partial charge in [0.15, 0.2) is 0 Å².